The van der Waals surface area contributed by atoms with E-state index in [1.807, 2.05) is 45.0 Å². The highest BCUT2D eigenvalue weighted by Gasteiger charge is 2.25. The first-order chi connectivity index (χ1) is 10.3. The van der Waals surface area contributed by atoms with Crippen molar-refractivity contribution >= 4 is 33.4 Å². The fourth-order valence-electron chi connectivity index (χ4n) is 2.20. The number of rotatable bonds is 4. The van der Waals surface area contributed by atoms with Gasteiger partial charge in [-0.15, -0.1) is 0 Å². The highest BCUT2D eigenvalue weighted by atomic mass is 79.9. The SMILES string of the molecule is CC(C)c1[nH]nc(C(=O)N(C)C(C)c2cccc(Cl)c2)c1Br. The van der Waals surface area contributed by atoms with Crippen molar-refractivity contribution < 1.29 is 4.79 Å². The van der Waals surface area contributed by atoms with E-state index in [0.29, 0.717) is 10.7 Å². The number of carbonyl (C=O) groups excluding carboxylic acids is 1. The van der Waals surface area contributed by atoms with E-state index in [9.17, 15) is 4.79 Å². The van der Waals surface area contributed by atoms with Crippen molar-refractivity contribution in [2.75, 3.05) is 7.05 Å². The van der Waals surface area contributed by atoms with Crippen molar-refractivity contribution in [1.82, 2.24) is 15.1 Å². The maximum atomic E-state index is 12.7. The molecule has 0 aliphatic rings. The Morgan fingerprint density at radius 3 is 2.59 bits per heavy atom. The fraction of sp³-hybridized carbons (Fsp3) is 0.375. The zero-order valence-electron chi connectivity index (χ0n) is 13.0. The summed E-state index contributed by atoms with van der Waals surface area (Å²) in [5.74, 6) is 0.126. The van der Waals surface area contributed by atoms with Crippen LogP contribution in [0.3, 0.4) is 0 Å². The predicted molar refractivity (Wildman–Crippen MR) is 92.3 cm³/mol. The van der Waals surface area contributed by atoms with Crippen LogP contribution in [0, 0.1) is 0 Å². The van der Waals surface area contributed by atoms with Gasteiger partial charge in [-0.05, 0) is 46.5 Å². The van der Waals surface area contributed by atoms with E-state index in [0.717, 1.165) is 15.7 Å². The van der Waals surface area contributed by atoms with Crippen LogP contribution < -0.4 is 0 Å². The van der Waals surface area contributed by atoms with Crippen LogP contribution in [0.5, 0.6) is 0 Å². The molecule has 118 valence electrons. The number of benzene rings is 1. The van der Waals surface area contributed by atoms with Crippen molar-refractivity contribution in [1.29, 1.82) is 0 Å². The lowest BCUT2D eigenvalue weighted by Gasteiger charge is -2.25. The molecule has 1 unspecified atom stereocenters. The molecule has 1 aromatic heterocycles. The third-order valence-electron chi connectivity index (χ3n) is 3.74. The Morgan fingerprint density at radius 2 is 2.05 bits per heavy atom. The number of nitrogens with zero attached hydrogens (tertiary/aromatic N) is 2. The summed E-state index contributed by atoms with van der Waals surface area (Å²) in [4.78, 5) is 14.3. The number of aromatic amines is 1. The van der Waals surface area contributed by atoms with Crippen LogP contribution in [-0.2, 0) is 0 Å². The van der Waals surface area contributed by atoms with Crippen molar-refractivity contribution in [2.24, 2.45) is 0 Å². The van der Waals surface area contributed by atoms with Crippen molar-refractivity contribution in [3.05, 3.63) is 50.7 Å². The largest absolute Gasteiger partial charge is 0.334 e. The van der Waals surface area contributed by atoms with Gasteiger partial charge in [0.05, 0.1) is 16.2 Å². The molecule has 0 aliphatic heterocycles. The number of aromatic nitrogens is 2. The van der Waals surface area contributed by atoms with Crippen LogP contribution in [0.4, 0.5) is 0 Å². The van der Waals surface area contributed by atoms with E-state index < -0.39 is 0 Å². The van der Waals surface area contributed by atoms with Gasteiger partial charge < -0.3 is 4.90 Å². The molecule has 0 saturated heterocycles. The monoisotopic (exact) mass is 383 g/mol. The molecule has 0 fully saturated rings. The Morgan fingerprint density at radius 1 is 1.36 bits per heavy atom. The van der Waals surface area contributed by atoms with Gasteiger partial charge >= 0.3 is 0 Å². The summed E-state index contributed by atoms with van der Waals surface area (Å²) in [6, 6.07) is 7.43. The molecule has 6 heteroatoms. The summed E-state index contributed by atoms with van der Waals surface area (Å²) in [6.45, 7) is 6.06. The Hall–Kier alpha value is -1.33. The normalized spacial score (nSPS) is 12.5. The highest BCUT2D eigenvalue weighted by Crippen LogP contribution is 2.28. The lowest BCUT2D eigenvalue weighted by atomic mass is 10.1. The zero-order valence-corrected chi connectivity index (χ0v) is 15.4. The molecule has 0 aliphatic carbocycles. The summed E-state index contributed by atoms with van der Waals surface area (Å²) in [7, 11) is 1.77. The van der Waals surface area contributed by atoms with E-state index in [2.05, 4.69) is 26.1 Å². The van der Waals surface area contributed by atoms with Crippen LogP contribution >= 0.6 is 27.5 Å². The van der Waals surface area contributed by atoms with E-state index >= 15 is 0 Å². The first-order valence-corrected chi connectivity index (χ1v) is 8.26. The number of nitrogens with one attached hydrogen (secondary N) is 1. The Balaban J connectivity index is 2.25. The summed E-state index contributed by atoms with van der Waals surface area (Å²) < 4.78 is 0.734. The van der Waals surface area contributed by atoms with Gasteiger partial charge in [-0.1, -0.05) is 37.6 Å². The molecule has 0 saturated carbocycles. The third kappa shape index (κ3) is 3.36. The molecule has 4 nitrogen and oxygen atoms in total. The first-order valence-electron chi connectivity index (χ1n) is 7.09. The van der Waals surface area contributed by atoms with Crippen LogP contribution in [0.15, 0.2) is 28.7 Å². The number of hydrogen-bond acceptors (Lipinski definition) is 2. The van der Waals surface area contributed by atoms with Gasteiger partial charge in [-0.3, -0.25) is 9.89 Å². The van der Waals surface area contributed by atoms with Gasteiger partial charge in [0.1, 0.15) is 0 Å². The molecule has 2 aromatic rings. The van der Waals surface area contributed by atoms with E-state index in [1.54, 1.807) is 11.9 Å². The standard InChI is InChI=1S/C16H19BrClN3O/c1-9(2)14-13(17)15(20-19-14)16(22)21(4)10(3)11-6-5-7-12(18)8-11/h5-10H,1-4H3,(H,19,20). The van der Waals surface area contributed by atoms with Gasteiger partial charge in [-0.25, -0.2) is 0 Å². The van der Waals surface area contributed by atoms with Crippen molar-refractivity contribution in [3.8, 4) is 0 Å². The van der Waals surface area contributed by atoms with Gasteiger partial charge in [0.25, 0.3) is 5.91 Å². The lowest BCUT2D eigenvalue weighted by Crippen LogP contribution is -2.30. The average molecular weight is 385 g/mol. The second kappa shape index (κ2) is 6.84. The topological polar surface area (TPSA) is 49.0 Å². The fourth-order valence-corrected chi connectivity index (χ4v) is 3.20. The number of H-pyrrole nitrogens is 1. The molecule has 1 aromatic carbocycles. The minimum atomic E-state index is -0.137. The highest BCUT2D eigenvalue weighted by molar-refractivity contribution is 9.10. The summed E-state index contributed by atoms with van der Waals surface area (Å²) >= 11 is 9.50. The minimum absolute atomic E-state index is 0.0997. The van der Waals surface area contributed by atoms with E-state index in [1.165, 1.54) is 0 Å². The first kappa shape index (κ1) is 17.0. The Bertz CT molecular complexity index is 684. The molecule has 1 N–H and O–H groups in total. The molecule has 22 heavy (non-hydrogen) atoms. The lowest BCUT2D eigenvalue weighted by molar-refractivity contribution is 0.0735. The third-order valence-corrected chi connectivity index (χ3v) is 4.78. The molecule has 0 bridgehead atoms. The quantitative estimate of drug-likeness (QED) is 0.824. The Labute approximate surface area is 144 Å². The molecule has 1 heterocycles. The maximum absolute atomic E-state index is 12.7. The number of carbonyl (C=O) groups is 1. The second-order valence-corrected chi connectivity index (χ2v) is 6.83. The van der Waals surface area contributed by atoms with Crippen LogP contribution in [0.2, 0.25) is 5.02 Å². The van der Waals surface area contributed by atoms with Gasteiger partial charge in [-0.2, -0.15) is 5.10 Å². The second-order valence-electron chi connectivity index (χ2n) is 5.60. The summed E-state index contributed by atoms with van der Waals surface area (Å²) in [6.07, 6.45) is 0. The minimum Gasteiger partial charge on any atom is -0.334 e. The molecule has 0 spiro atoms. The van der Waals surface area contributed by atoms with Crippen LogP contribution in [0.25, 0.3) is 0 Å². The number of amides is 1. The van der Waals surface area contributed by atoms with E-state index in [-0.39, 0.29) is 17.9 Å². The average Bonchev–Trinajstić information content (AvgIpc) is 2.86. The van der Waals surface area contributed by atoms with E-state index in [4.69, 9.17) is 11.6 Å². The van der Waals surface area contributed by atoms with Crippen LogP contribution in [0.1, 0.15) is 54.5 Å². The number of hydrogen-bond donors (Lipinski definition) is 1. The Kier molecular flexibility index (Phi) is 5.29. The van der Waals surface area contributed by atoms with Gasteiger partial charge in [0, 0.05) is 12.1 Å². The summed E-state index contributed by atoms with van der Waals surface area (Å²) in [5.41, 5.74) is 2.31. The molecule has 1 amide bonds. The van der Waals surface area contributed by atoms with Gasteiger partial charge in [0.2, 0.25) is 0 Å². The molecule has 1 atom stereocenters. The number of halogens is 2. The van der Waals surface area contributed by atoms with Crippen molar-refractivity contribution in [2.45, 2.75) is 32.7 Å². The molecular formula is C16H19BrClN3O. The predicted octanol–water partition coefficient (Wildman–Crippen LogP) is 4.78. The van der Waals surface area contributed by atoms with Crippen molar-refractivity contribution in [3.63, 3.8) is 0 Å². The maximum Gasteiger partial charge on any atom is 0.275 e. The molecular weight excluding hydrogens is 366 g/mol. The smallest absolute Gasteiger partial charge is 0.275 e. The summed E-state index contributed by atoms with van der Waals surface area (Å²) in [5, 5.41) is 7.75. The zero-order chi connectivity index (χ0) is 16.4. The molecule has 0 radical (unpaired) electrons. The van der Waals surface area contributed by atoms with Gasteiger partial charge in [0.15, 0.2) is 5.69 Å². The van der Waals surface area contributed by atoms with Crippen LogP contribution in [-0.4, -0.2) is 28.1 Å². The molecule has 2 rings (SSSR count).